The lowest BCUT2D eigenvalue weighted by Crippen LogP contribution is -2.14. The molecule has 0 aliphatic rings. The molecule has 108 valence electrons. The molecule has 0 spiro atoms. The number of hydrogen-bond acceptors (Lipinski definition) is 3. The van der Waals surface area contributed by atoms with Gasteiger partial charge in [0.05, 0.1) is 18.5 Å². The molecule has 1 rings (SSSR count). The number of halogens is 1. The fourth-order valence-electron chi connectivity index (χ4n) is 2.08. The summed E-state index contributed by atoms with van der Waals surface area (Å²) in [6.07, 6.45) is 4.68. The average Bonchev–Trinajstić information content (AvgIpc) is 2.41. The van der Waals surface area contributed by atoms with Crippen molar-refractivity contribution in [2.75, 3.05) is 24.7 Å². The number of benzene rings is 1. The van der Waals surface area contributed by atoms with Gasteiger partial charge in [0.25, 0.3) is 0 Å². The molecule has 0 fully saturated rings. The average molecular weight is 268 g/mol. The van der Waals surface area contributed by atoms with Gasteiger partial charge in [-0.3, -0.25) is 0 Å². The molecule has 3 nitrogen and oxygen atoms in total. The molecule has 19 heavy (non-hydrogen) atoms. The van der Waals surface area contributed by atoms with Gasteiger partial charge in [0.15, 0.2) is 0 Å². The highest BCUT2D eigenvalue weighted by molar-refractivity contribution is 5.62. The Morgan fingerprint density at radius 1 is 1.37 bits per heavy atom. The number of unbranched alkanes of at least 4 members (excludes halogenated alkanes) is 1. The zero-order valence-electron chi connectivity index (χ0n) is 12.1. The molecule has 0 aromatic heterocycles. The molecule has 3 N–H and O–H groups in total. The summed E-state index contributed by atoms with van der Waals surface area (Å²) in [7, 11) is 1.53. The van der Waals surface area contributed by atoms with E-state index in [1.165, 1.54) is 32.4 Å². The Morgan fingerprint density at radius 3 is 2.68 bits per heavy atom. The van der Waals surface area contributed by atoms with E-state index in [0.717, 1.165) is 13.0 Å². The van der Waals surface area contributed by atoms with Gasteiger partial charge < -0.3 is 15.8 Å². The van der Waals surface area contributed by atoms with Crippen molar-refractivity contribution in [3.8, 4) is 5.75 Å². The second-order valence-corrected chi connectivity index (χ2v) is 4.87. The smallest absolute Gasteiger partial charge is 0.148 e. The van der Waals surface area contributed by atoms with Crippen LogP contribution in [0.4, 0.5) is 15.8 Å². The van der Waals surface area contributed by atoms with Gasteiger partial charge >= 0.3 is 0 Å². The second kappa shape index (κ2) is 7.87. The highest BCUT2D eigenvalue weighted by Crippen LogP contribution is 2.28. The van der Waals surface area contributed by atoms with Crippen LogP contribution in [0.3, 0.4) is 0 Å². The predicted molar refractivity (Wildman–Crippen MR) is 79.2 cm³/mol. The van der Waals surface area contributed by atoms with Gasteiger partial charge in [-0.25, -0.2) is 4.39 Å². The van der Waals surface area contributed by atoms with E-state index >= 15 is 0 Å². The van der Waals surface area contributed by atoms with Crippen LogP contribution in [0, 0.1) is 11.7 Å². The van der Waals surface area contributed by atoms with Crippen molar-refractivity contribution in [3.05, 3.63) is 17.9 Å². The molecule has 0 bridgehead atoms. The van der Waals surface area contributed by atoms with E-state index in [-0.39, 0.29) is 5.82 Å². The van der Waals surface area contributed by atoms with Crippen molar-refractivity contribution < 1.29 is 9.13 Å². The van der Waals surface area contributed by atoms with Crippen molar-refractivity contribution >= 4 is 11.4 Å². The zero-order valence-corrected chi connectivity index (χ0v) is 12.1. The normalized spacial score (nSPS) is 12.2. The van der Waals surface area contributed by atoms with Crippen LogP contribution in [0.1, 0.15) is 39.5 Å². The van der Waals surface area contributed by atoms with Crippen LogP contribution in [0.5, 0.6) is 5.75 Å². The number of ether oxygens (including phenoxy) is 1. The zero-order chi connectivity index (χ0) is 14.3. The Kier molecular flexibility index (Phi) is 6.46. The first-order chi connectivity index (χ1) is 9.12. The Bertz CT molecular complexity index is 396. The molecule has 0 radical (unpaired) electrons. The molecule has 0 aliphatic carbocycles. The third kappa shape index (κ3) is 4.62. The minimum Gasteiger partial charge on any atom is -0.495 e. The molecular formula is C15H25FN2O. The fraction of sp³-hybridized carbons (Fsp3) is 0.600. The number of nitrogens with two attached hydrogens (primary N) is 1. The van der Waals surface area contributed by atoms with Crippen LogP contribution in [0.25, 0.3) is 0 Å². The van der Waals surface area contributed by atoms with E-state index in [0.29, 0.717) is 23.0 Å². The molecule has 0 saturated carbocycles. The number of hydrogen-bond donors (Lipinski definition) is 2. The van der Waals surface area contributed by atoms with E-state index in [1.807, 2.05) is 0 Å². The van der Waals surface area contributed by atoms with Gasteiger partial charge in [-0.2, -0.15) is 0 Å². The third-order valence-corrected chi connectivity index (χ3v) is 3.44. The van der Waals surface area contributed by atoms with Gasteiger partial charge in [0.1, 0.15) is 11.6 Å². The second-order valence-electron chi connectivity index (χ2n) is 4.87. The summed E-state index contributed by atoms with van der Waals surface area (Å²) in [5.41, 5.74) is 6.44. The standard InChI is InChI=1S/C15H25FN2O/c1-4-6-7-11(5-2)10-18-14-9-15(19-3)13(17)8-12(14)16/h8-9,11,18H,4-7,10,17H2,1-3H3. The SMILES string of the molecule is CCCCC(CC)CNc1cc(OC)c(N)cc1F. The topological polar surface area (TPSA) is 47.3 Å². The Labute approximate surface area is 115 Å². The summed E-state index contributed by atoms with van der Waals surface area (Å²) in [4.78, 5) is 0. The first kappa shape index (κ1) is 15.6. The van der Waals surface area contributed by atoms with Crippen LogP contribution < -0.4 is 15.8 Å². The maximum Gasteiger partial charge on any atom is 0.148 e. The van der Waals surface area contributed by atoms with Crippen LogP contribution in [-0.2, 0) is 0 Å². The summed E-state index contributed by atoms with van der Waals surface area (Å²) in [5.74, 6) is 0.747. The van der Waals surface area contributed by atoms with Crippen molar-refractivity contribution in [3.63, 3.8) is 0 Å². The first-order valence-electron chi connectivity index (χ1n) is 6.99. The highest BCUT2D eigenvalue weighted by Gasteiger charge is 2.10. The van der Waals surface area contributed by atoms with Gasteiger partial charge in [-0.15, -0.1) is 0 Å². The molecule has 4 heteroatoms. The van der Waals surface area contributed by atoms with Gasteiger partial charge in [0.2, 0.25) is 0 Å². The van der Waals surface area contributed by atoms with Crippen molar-refractivity contribution in [2.45, 2.75) is 39.5 Å². The third-order valence-electron chi connectivity index (χ3n) is 3.44. The van der Waals surface area contributed by atoms with Crippen LogP contribution in [0.2, 0.25) is 0 Å². The lowest BCUT2D eigenvalue weighted by molar-refractivity contribution is 0.416. The summed E-state index contributed by atoms with van der Waals surface area (Å²) < 4.78 is 18.9. The van der Waals surface area contributed by atoms with Crippen LogP contribution >= 0.6 is 0 Å². The Hall–Kier alpha value is -1.45. The van der Waals surface area contributed by atoms with Gasteiger partial charge in [0, 0.05) is 18.7 Å². The molecular weight excluding hydrogens is 243 g/mol. The van der Waals surface area contributed by atoms with E-state index < -0.39 is 0 Å². The van der Waals surface area contributed by atoms with Gasteiger partial charge in [-0.1, -0.05) is 33.1 Å². The molecule has 1 aromatic carbocycles. The molecule has 0 heterocycles. The van der Waals surface area contributed by atoms with Crippen molar-refractivity contribution in [2.24, 2.45) is 5.92 Å². The number of rotatable bonds is 8. The highest BCUT2D eigenvalue weighted by atomic mass is 19.1. The molecule has 0 saturated heterocycles. The monoisotopic (exact) mass is 268 g/mol. The molecule has 1 unspecified atom stereocenters. The largest absolute Gasteiger partial charge is 0.495 e. The van der Waals surface area contributed by atoms with Crippen molar-refractivity contribution in [1.82, 2.24) is 0 Å². The van der Waals surface area contributed by atoms with E-state index in [2.05, 4.69) is 19.2 Å². The molecule has 1 aromatic rings. The number of anilines is 2. The Balaban J connectivity index is 2.65. The summed E-state index contributed by atoms with van der Waals surface area (Å²) in [6, 6.07) is 2.92. The van der Waals surface area contributed by atoms with E-state index in [4.69, 9.17) is 10.5 Å². The number of nitrogen functional groups attached to an aromatic ring is 1. The van der Waals surface area contributed by atoms with E-state index in [1.54, 1.807) is 6.07 Å². The first-order valence-corrected chi connectivity index (χ1v) is 6.99. The van der Waals surface area contributed by atoms with Gasteiger partial charge in [-0.05, 0) is 12.3 Å². The minimum atomic E-state index is -0.330. The summed E-state index contributed by atoms with van der Waals surface area (Å²) >= 11 is 0. The van der Waals surface area contributed by atoms with E-state index in [9.17, 15) is 4.39 Å². The quantitative estimate of drug-likeness (QED) is 0.699. The van der Waals surface area contributed by atoms with Crippen molar-refractivity contribution in [1.29, 1.82) is 0 Å². The lowest BCUT2D eigenvalue weighted by atomic mass is 9.99. The van der Waals surface area contributed by atoms with Crippen LogP contribution in [0.15, 0.2) is 12.1 Å². The number of nitrogens with one attached hydrogen (secondary N) is 1. The lowest BCUT2D eigenvalue weighted by Gasteiger charge is -2.17. The van der Waals surface area contributed by atoms with Crippen LogP contribution in [-0.4, -0.2) is 13.7 Å². The maximum absolute atomic E-state index is 13.8. The summed E-state index contributed by atoms with van der Waals surface area (Å²) in [6.45, 7) is 5.13. The fourth-order valence-corrected chi connectivity index (χ4v) is 2.08. The predicted octanol–water partition coefficient (Wildman–Crippen LogP) is 4.04. The Morgan fingerprint density at radius 2 is 2.11 bits per heavy atom. The minimum absolute atomic E-state index is 0.323. The molecule has 1 atom stereocenters. The number of methoxy groups -OCH3 is 1. The molecule has 0 aliphatic heterocycles. The maximum atomic E-state index is 13.8. The summed E-state index contributed by atoms with van der Waals surface area (Å²) in [5, 5.41) is 3.16. The molecule has 0 amide bonds.